The highest BCUT2D eigenvalue weighted by Crippen LogP contribution is 2.66. The molecule has 2 saturated carbocycles. The van der Waals surface area contributed by atoms with Gasteiger partial charge in [-0.05, 0) is 94.4 Å². The lowest BCUT2D eigenvalue weighted by Crippen LogP contribution is -2.52. The van der Waals surface area contributed by atoms with E-state index in [4.69, 9.17) is 5.10 Å². The van der Waals surface area contributed by atoms with Gasteiger partial charge in [-0.15, -0.1) is 4.72 Å². The highest BCUT2D eigenvalue weighted by molar-refractivity contribution is 14.1. The standard InChI is InChI=1S/C19H32IN3OS/c1-7-8-19(22-25(24)18(4,5)6)10-13-14(11-19)17(13)15-9-16(20)21-23(15)12(2)3/h9,12-14,17,22H,7-8,10-11H2,1-6H3/t13-,14+,17?,19?,25?. The van der Waals surface area contributed by atoms with Crippen molar-refractivity contribution >= 4 is 34.0 Å². The molecule has 2 aliphatic rings. The Hall–Kier alpha value is 0.210. The van der Waals surface area contributed by atoms with Gasteiger partial charge in [0.2, 0.25) is 0 Å². The molecule has 1 N–H and O–H groups in total. The quantitative estimate of drug-likeness (QED) is 0.474. The summed E-state index contributed by atoms with van der Waals surface area (Å²) in [5, 5.41) is 4.69. The Kier molecular flexibility index (Phi) is 5.58. The SMILES string of the molecule is CCCC1(N[S+]([O-])C(C)(C)C)C[C@@H]2C(c3cc(I)nn3C(C)C)[C@@H]2C1. The Morgan fingerprint density at radius 2 is 2.00 bits per heavy atom. The highest BCUT2D eigenvalue weighted by atomic mass is 127. The molecule has 5 atom stereocenters. The van der Waals surface area contributed by atoms with Gasteiger partial charge in [0.15, 0.2) is 0 Å². The van der Waals surface area contributed by atoms with Crippen LogP contribution < -0.4 is 4.72 Å². The van der Waals surface area contributed by atoms with E-state index in [-0.39, 0.29) is 10.3 Å². The molecule has 0 spiro atoms. The van der Waals surface area contributed by atoms with Gasteiger partial charge in [-0.1, -0.05) is 13.3 Å². The first-order chi connectivity index (χ1) is 11.6. The number of hydrogen-bond donors (Lipinski definition) is 1. The van der Waals surface area contributed by atoms with Gasteiger partial charge >= 0.3 is 0 Å². The Balaban J connectivity index is 1.73. The van der Waals surface area contributed by atoms with E-state index in [1.165, 1.54) is 5.69 Å². The van der Waals surface area contributed by atoms with Crippen LogP contribution in [0.5, 0.6) is 0 Å². The number of nitrogens with zero attached hydrogens (tertiary/aromatic N) is 2. The molecule has 0 aliphatic heterocycles. The third-order valence-corrected chi connectivity index (χ3v) is 8.00. The fraction of sp³-hybridized carbons (Fsp3) is 0.842. The van der Waals surface area contributed by atoms with Crippen molar-refractivity contribution in [1.82, 2.24) is 14.5 Å². The summed E-state index contributed by atoms with van der Waals surface area (Å²) in [5.41, 5.74) is 1.48. The van der Waals surface area contributed by atoms with Crippen molar-refractivity contribution in [1.29, 1.82) is 0 Å². The van der Waals surface area contributed by atoms with Crippen LogP contribution in [0, 0.1) is 15.5 Å². The van der Waals surface area contributed by atoms with Crippen molar-refractivity contribution in [3.05, 3.63) is 15.5 Å². The van der Waals surface area contributed by atoms with Crippen molar-refractivity contribution < 1.29 is 4.55 Å². The molecule has 0 amide bonds. The minimum atomic E-state index is -0.994. The van der Waals surface area contributed by atoms with E-state index in [9.17, 15) is 4.55 Å². The van der Waals surface area contributed by atoms with E-state index in [1.54, 1.807) is 0 Å². The van der Waals surface area contributed by atoms with E-state index in [2.05, 4.69) is 79.6 Å². The minimum Gasteiger partial charge on any atom is -0.598 e. The lowest BCUT2D eigenvalue weighted by Gasteiger charge is -2.36. The fourth-order valence-electron chi connectivity index (χ4n) is 4.63. The molecule has 25 heavy (non-hydrogen) atoms. The lowest BCUT2D eigenvalue weighted by molar-refractivity contribution is 0.313. The van der Waals surface area contributed by atoms with Gasteiger partial charge in [0.1, 0.15) is 8.45 Å². The molecule has 0 aromatic carbocycles. The van der Waals surface area contributed by atoms with E-state index >= 15 is 0 Å². The van der Waals surface area contributed by atoms with Crippen LogP contribution in [0.1, 0.15) is 84.9 Å². The third-order valence-electron chi connectivity index (χ3n) is 5.74. The molecular formula is C19H32IN3OS. The number of aromatic nitrogens is 2. The molecule has 2 fully saturated rings. The molecule has 3 unspecified atom stereocenters. The van der Waals surface area contributed by atoms with Crippen LogP contribution in [-0.2, 0) is 11.4 Å². The Labute approximate surface area is 169 Å². The Bertz CT molecular complexity index is 613. The number of halogens is 1. The minimum absolute atomic E-state index is 0.0640. The lowest BCUT2D eigenvalue weighted by atomic mass is 9.87. The summed E-state index contributed by atoms with van der Waals surface area (Å²) < 4.78 is 19.4. The average Bonchev–Trinajstić information content (AvgIpc) is 2.82. The van der Waals surface area contributed by atoms with Gasteiger partial charge in [0.05, 0.1) is 5.54 Å². The zero-order chi connectivity index (χ0) is 18.6. The van der Waals surface area contributed by atoms with E-state index in [0.29, 0.717) is 12.0 Å². The van der Waals surface area contributed by atoms with Crippen LogP contribution in [0.3, 0.4) is 0 Å². The number of nitrogens with one attached hydrogen (secondary N) is 1. The summed E-state index contributed by atoms with van der Waals surface area (Å²) in [7, 11) is 0. The van der Waals surface area contributed by atoms with Crippen LogP contribution in [0.15, 0.2) is 6.07 Å². The molecule has 142 valence electrons. The summed E-state index contributed by atoms with van der Waals surface area (Å²) in [4.78, 5) is 0. The Morgan fingerprint density at radius 1 is 1.40 bits per heavy atom. The van der Waals surface area contributed by atoms with Crippen molar-refractivity contribution in [2.24, 2.45) is 11.8 Å². The normalized spacial score (nSPS) is 32.9. The first-order valence-corrected chi connectivity index (χ1v) is 11.8. The van der Waals surface area contributed by atoms with E-state index < -0.39 is 11.4 Å². The maximum Gasteiger partial charge on any atom is 0.136 e. The molecule has 0 saturated heterocycles. The van der Waals surface area contributed by atoms with E-state index in [0.717, 1.165) is 41.2 Å². The van der Waals surface area contributed by atoms with Crippen molar-refractivity contribution in [2.75, 3.05) is 0 Å². The predicted molar refractivity (Wildman–Crippen MR) is 113 cm³/mol. The van der Waals surface area contributed by atoms with Crippen LogP contribution in [0.2, 0.25) is 0 Å². The summed E-state index contributed by atoms with van der Waals surface area (Å²) in [5.74, 6) is 2.09. The molecule has 0 bridgehead atoms. The molecule has 1 aromatic heterocycles. The molecule has 4 nitrogen and oxygen atoms in total. The van der Waals surface area contributed by atoms with Gasteiger partial charge < -0.3 is 4.55 Å². The molecule has 6 heteroatoms. The Morgan fingerprint density at radius 3 is 2.48 bits per heavy atom. The number of hydrogen-bond acceptors (Lipinski definition) is 3. The van der Waals surface area contributed by atoms with Crippen molar-refractivity contribution in [3.63, 3.8) is 0 Å². The number of fused-ring (bicyclic) bond motifs is 1. The average molecular weight is 477 g/mol. The third kappa shape index (κ3) is 3.92. The van der Waals surface area contributed by atoms with Gasteiger partial charge in [-0.2, -0.15) is 5.10 Å². The second kappa shape index (κ2) is 6.99. The van der Waals surface area contributed by atoms with Crippen molar-refractivity contribution in [2.45, 2.75) is 89.5 Å². The number of rotatable bonds is 6. The van der Waals surface area contributed by atoms with Gasteiger partial charge in [-0.25, -0.2) is 0 Å². The maximum absolute atomic E-state index is 12.7. The van der Waals surface area contributed by atoms with Gasteiger partial charge in [0.25, 0.3) is 0 Å². The monoisotopic (exact) mass is 477 g/mol. The second-order valence-corrected chi connectivity index (χ2v) is 12.3. The van der Waals surface area contributed by atoms with Crippen LogP contribution in [0.4, 0.5) is 0 Å². The second-order valence-electron chi connectivity index (χ2n) is 9.21. The molecule has 0 radical (unpaired) electrons. The molecule has 1 heterocycles. The maximum atomic E-state index is 12.7. The van der Waals surface area contributed by atoms with Crippen LogP contribution in [-0.4, -0.2) is 24.6 Å². The predicted octanol–water partition coefficient (Wildman–Crippen LogP) is 4.78. The molecule has 1 aromatic rings. The zero-order valence-corrected chi connectivity index (χ0v) is 19.3. The molecule has 3 rings (SSSR count). The first-order valence-electron chi connectivity index (χ1n) is 9.52. The molecule has 2 aliphatic carbocycles. The van der Waals surface area contributed by atoms with Crippen molar-refractivity contribution in [3.8, 4) is 0 Å². The fourth-order valence-corrected chi connectivity index (χ4v) is 6.15. The van der Waals surface area contributed by atoms with E-state index in [1.807, 2.05) is 0 Å². The van der Waals surface area contributed by atoms with Gasteiger partial charge in [0, 0.05) is 29.0 Å². The topological polar surface area (TPSA) is 52.9 Å². The van der Waals surface area contributed by atoms with Crippen LogP contribution >= 0.6 is 22.6 Å². The smallest absolute Gasteiger partial charge is 0.136 e. The summed E-state index contributed by atoms with van der Waals surface area (Å²) >= 11 is 1.33. The van der Waals surface area contributed by atoms with Crippen LogP contribution in [0.25, 0.3) is 0 Å². The van der Waals surface area contributed by atoms with Gasteiger partial charge in [-0.3, -0.25) is 4.68 Å². The summed E-state index contributed by atoms with van der Waals surface area (Å²) in [6, 6.07) is 2.68. The molecular weight excluding hydrogens is 445 g/mol. The largest absolute Gasteiger partial charge is 0.598 e. The zero-order valence-electron chi connectivity index (χ0n) is 16.3. The first kappa shape index (κ1) is 20.0. The highest BCUT2D eigenvalue weighted by Gasteiger charge is 2.63. The summed E-state index contributed by atoms with van der Waals surface area (Å²) in [6.07, 6.45) is 4.56. The summed E-state index contributed by atoms with van der Waals surface area (Å²) in [6.45, 7) is 12.8.